The third kappa shape index (κ3) is 1.95. The molecule has 2 N–H and O–H groups in total. The van der Waals surface area contributed by atoms with Crippen molar-refractivity contribution in [2.45, 2.75) is 6.43 Å². The van der Waals surface area contributed by atoms with Gasteiger partial charge in [0.05, 0.1) is 5.69 Å². The van der Waals surface area contributed by atoms with E-state index in [2.05, 4.69) is 4.98 Å². The maximum atomic E-state index is 12.9. The van der Waals surface area contributed by atoms with Crippen molar-refractivity contribution in [1.82, 2.24) is 4.98 Å². The Morgan fingerprint density at radius 2 is 2.14 bits per heavy atom. The number of pyridine rings is 1. The summed E-state index contributed by atoms with van der Waals surface area (Å²) in [5, 5.41) is -1.25. The van der Waals surface area contributed by atoms with E-state index in [4.69, 9.17) is 17.3 Å². The van der Waals surface area contributed by atoms with Crippen molar-refractivity contribution in [1.29, 1.82) is 0 Å². The minimum atomic E-state index is -2.98. The molecule has 0 atom stereocenters. The molecule has 0 saturated heterocycles. The Balaban J connectivity index is 3.34. The van der Waals surface area contributed by atoms with Crippen LogP contribution in [0.1, 0.15) is 22.6 Å². The summed E-state index contributed by atoms with van der Waals surface area (Å²) in [6, 6.07) is 0.587. The molecule has 0 bridgehead atoms. The van der Waals surface area contributed by atoms with Crippen molar-refractivity contribution in [3.05, 3.63) is 23.3 Å². The lowest BCUT2D eigenvalue weighted by Crippen LogP contribution is -2.07. The van der Waals surface area contributed by atoms with Crippen molar-refractivity contribution in [2.75, 3.05) is 5.73 Å². The van der Waals surface area contributed by atoms with E-state index in [1.807, 2.05) is 0 Å². The van der Waals surface area contributed by atoms with Crippen LogP contribution >= 0.6 is 11.6 Å². The molecule has 3 nitrogen and oxygen atoms in total. The Morgan fingerprint density at radius 1 is 1.57 bits per heavy atom. The molecule has 14 heavy (non-hydrogen) atoms. The van der Waals surface area contributed by atoms with Crippen molar-refractivity contribution >= 4 is 22.5 Å². The van der Waals surface area contributed by atoms with Crippen molar-refractivity contribution in [3.63, 3.8) is 0 Å². The molecule has 1 aromatic heterocycles. The van der Waals surface area contributed by atoms with Gasteiger partial charge in [-0.1, -0.05) is 0 Å². The monoisotopic (exact) mass is 224 g/mol. The van der Waals surface area contributed by atoms with Gasteiger partial charge in [-0.25, -0.2) is 18.2 Å². The average Bonchev–Trinajstić information content (AvgIpc) is 2.02. The summed E-state index contributed by atoms with van der Waals surface area (Å²) in [5.74, 6) is -1.12. The van der Waals surface area contributed by atoms with E-state index in [-0.39, 0.29) is 0 Å². The van der Waals surface area contributed by atoms with E-state index in [0.29, 0.717) is 6.07 Å². The van der Waals surface area contributed by atoms with Crippen molar-refractivity contribution in [2.24, 2.45) is 0 Å². The third-order valence-electron chi connectivity index (χ3n) is 1.43. The Hall–Kier alpha value is -1.30. The van der Waals surface area contributed by atoms with Crippen LogP contribution in [0.25, 0.3) is 0 Å². The lowest BCUT2D eigenvalue weighted by molar-refractivity contribution is 0.107. The van der Waals surface area contributed by atoms with Crippen LogP contribution in [0.2, 0.25) is 0 Å². The normalized spacial score (nSPS) is 10.6. The Kier molecular flexibility index (Phi) is 2.95. The van der Waals surface area contributed by atoms with Gasteiger partial charge < -0.3 is 5.73 Å². The highest BCUT2D eigenvalue weighted by molar-refractivity contribution is 6.67. The highest BCUT2D eigenvalue weighted by Crippen LogP contribution is 2.24. The number of nitrogen functional groups attached to an aromatic ring is 1. The van der Waals surface area contributed by atoms with Crippen LogP contribution in [-0.2, 0) is 0 Å². The quantitative estimate of drug-likeness (QED) is 0.783. The molecule has 0 amide bonds. The molecule has 0 saturated carbocycles. The summed E-state index contributed by atoms with van der Waals surface area (Å²) in [6.07, 6.45) is -2.98. The zero-order valence-corrected chi connectivity index (χ0v) is 7.36. The Morgan fingerprint density at radius 3 is 2.57 bits per heavy atom. The molecule has 0 radical (unpaired) electrons. The molecule has 1 heterocycles. The molecule has 0 aromatic carbocycles. The molecular formula is C7H4ClF3N2O. The number of nitrogens with two attached hydrogens (primary N) is 1. The zero-order valence-electron chi connectivity index (χ0n) is 6.60. The van der Waals surface area contributed by atoms with Crippen LogP contribution in [0, 0.1) is 5.82 Å². The van der Waals surface area contributed by atoms with Gasteiger partial charge in [0.15, 0.2) is 11.5 Å². The number of alkyl halides is 2. The van der Waals surface area contributed by atoms with Gasteiger partial charge in [-0.2, -0.15) is 0 Å². The molecule has 0 unspecified atom stereocenters. The minimum Gasteiger partial charge on any atom is -0.397 e. The highest BCUT2D eigenvalue weighted by atomic mass is 35.5. The molecule has 0 aliphatic heterocycles. The fraction of sp³-hybridized carbons (Fsp3) is 0.143. The van der Waals surface area contributed by atoms with Gasteiger partial charge in [0.2, 0.25) is 0 Å². The number of aromatic nitrogens is 1. The molecule has 1 rings (SSSR count). The summed E-state index contributed by atoms with van der Waals surface area (Å²) in [4.78, 5) is 13.6. The fourth-order valence-electron chi connectivity index (χ4n) is 0.830. The number of carbonyl (C=O) groups excluding carboxylic acids is 1. The van der Waals surface area contributed by atoms with Gasteiger partial charge in [-0.3, -0.25) is 4.79 Å². The molecule has 7 heteroatoms. The Labute approximate surface area is 81.7 Å². The van der Waals surface area contributed by atoms with Gasteiger partial charge in [0.25, 0.3) is 11.7 Å². The number of nitrogens with zero attached hydrogens (tertiary/aromatic N) is 1. The van der Waals surface area contributed by atoms with E-state index in [9.17, 15) is 18.0 Å². The average molecular weight is 225 g/mol. The first kappa shape index (κ1) is 10.8. The second kappa shape index (κ2) is 3.83. The number of anilines is 1. The lowest BCUT2D eigenvalue weighted by Gasteiger charge is -2.05. The van der Waals surface area contributed by atoms with Gasteiger partial charge in [0, 0.05) is 6.07 Å². The second-order valence-corrected chi connectivity index (χ2v) is 2.71. The summed E-state index contributed by atoms with van der Waals surface area (Å²) >= 11 is 4.91. The SMILES string of the molecule is Nc1cc(F)c(C(=O)Cl)nc1C(F)F. The van der Waals surface area contributed by atoms with Gasteiger partial charge in [-0.15, -0.1) is 0 Å². The van der Waals surface area contributed by atoms with Crippen LogP contribution < -0.4 is 5.73 Å². The number of halogens is 4. The number of hydrogen-bond donors (Lipinski definition) is 1. The maximum absolute atomic E-state index is 12.9. The summed E-state index contributed by atoms with van der Waals surface area (Å²) in [7, 11) is 0. The molecule has 76 valence electrons. The third-order valence-corrected chi connectivity index (χ3v) is 1.61. The topological polar surface area (TPSA) is 56.0 Å². The predicted molar refractivity (Wildman–Crippen MR) is 43.7 cm³/mol. The summed E-state index contributed by atoms with van der Waals surface area (Å²) in [5.41, 5.74) is 2.84. The van der Waals surface area contributed by atoms with E-state index in [1.54, 1.807) is 0 Å². The lowest BCUT2D eigenvalue weighted by atomic mass is 10.2. The van der Waals surface area contributed by atoms with Gasteiger partial charge in [-0.05, 0) is 11.6 Å². The number of carbonyl (C=O) groups is 1. The standard InChI is InChI=1S/C7H4ClF3N2O/c8-6(14)4-2(9)1-3(12)5(13-4)7(10)11/h1,7H,12H2. The maximum Gasteiger partial charge on any atom is 0.282 e. The van der Waals surface area contributed by atoms with E-state index in [0.717, 1.165) is 0 Å². The first-order valence-electron chi connectivity index (χ1n) is 3.37. The highest BCUT2D eigenvalue weighted by Gasteiger charge is 2.20. The van der Waals surface area contributed by atoms with Crippen molar-refractivity contribution in [3.8, 4) is 0 Å². The Bertz CT molecular complexity index is 383. The molecule has 1 aromatic rings. The van der Waals surface area contributed by atoms with E-state index in [1.165, 1.54) is 0 Å². The number of hydrogen-bond acceptors (Lipinski definition) is 3. The van der Waals surface area contributed by atoms with Crippen LogP contribution in [0.3, 0.4) is 0 Å². The number of rotatable bonds is 2. The first-order valence-corrected chi connectivity index (χ1v) is 3.75. The fourth-order valence-corrected chi connectivity index (χ4v) is 0.962. The predicted octanol–water partition coefficient (Wildman–Crippen LogP) is 2.12. The second-order valence-electron chi connectivity index (χ2n) is 2.37. The summed E-state index contributed by atoms with van der Waals surface area (Å²) in [6.45, 7) is 0. The molecule has 0 spiro atoms. The van der Waals surface area contributed by atoms with Crippen LogP contribution in [0.5, 0.6) is 0 Å². The van der Waals surface area contributed by atoms with Crippen LogP contribution in [0.15, 0.2) is 6.07 Å². The molecular weight excluding hydrogens is 221 g/mol. The van der Waals surface area contributed by atoms with Crippen LogP contribution in [0.4, 0.5) is 18.9 Å². The van der Waals surface area contributed by atoms with Crippen molar-refractivity contribution < 1.29 is 18.0 Å². The molecule has 0 fully saturated rings. The zero-order chi connectivity index (χ0) is 10.9. The van der Waals surface area contributed by atoms with Crippen LogP contribution in [-0.4, -0.2) is 10.2 Å². The summed E-state index contributed by atoms with van der Waals surface area (Å²) < 4.78 is 37.2. The van der Waals surface area contributed by atoms with E-state index >= 15 is 0 Å². The van der Waals surface area contributed by atoms with Gasteiger partial charge >= 0.3 is 0 Å². The minimum absolute atomic E-state index is 0.515. The van der Waals surface area contributed by atoms with Gasteiger partial charge in [0.1, 0.15) is 5.69 Å². The first-order chi connectivity index (χ1) is 6.43. The largest absolute Gasteiger partial charge is 0.397 e. The molecule has 0 aliphatic carbocycles. The smallest absolute Gasteiger partial charge is 0.282 e. The molecule has 0 aliphatic rings. The van der Waals surface area contributed by atoms with E-state index < -0.39 is 34.6 Å².